The van der Waals surface area contributed by atoms with Crippen molar-refractivity contribution in [2.45, 2.75) is 56.4 Å². The Bertz CT molecular complexity index is 787. The van der Waals surface area contributed by atoms with E-state index in [2.05, 4.69) is 17.0 Å². The summed E-state index contributed by atoms with van der Waals surface area (Å²) in [6.07, 6.45) is 7.58. The standard InChI is InChI=1S/C20H27FN2O3S/c1-13(20-9-14-6-15(10-20)8-16(7-14)11-20)23-19(24)12-22-27(25,26)18-4-2-17(21)3-5-18/h2-5,13-16,22H,6-12H2,1H3,(H,23,24)/t13-,14?,15?,16?,20?/m0/s1. The highest BCUT2D eigenvalue weighted by Crippen LogP contribution is 2.61. The molecule has 0 heterocycles. The van der Waals surface area contributed by atoms with Crippen LogP contribution in [0, 0.1) is 29.0 Å². The molecule has 5 nitrogen and oxygen atoms in total. The number of carbonyl (C=O) groups excluding carboxylic acids is 1. The van der Waals surface area contributed by atoms with Gasteiger partial charge in [-0.3, -0.25) is 4.79 Å². The Balaban J connectivity index is 1.35. The van der Waals surface area contributed by atoms with Crippen molar-refractivity contribution in [1.29, 1.82) is 0 Å². The Labute approximate surface area is 160 Å². The van der Waals surface area contributed by atoms with Crippen molar-refractivity contribution < 1.29 is 17.6 Å². The van der Waals surface area contributed by atoms with Crippen LogP contribution in [0.2, 0.25) is 0 Å². The lowest BCUT2D eigenvalue weighted by Gasteiger charge is -2.59. The molecule has 0 radical (unpaired) electrons. The van der Waals surface area contributed by atoms with Crippen LogP contribution in [0.4, 0.5) is 4.39 Å². The van der Waals surface area contributed by atoms with Gasteiger partial charge in [0.2, 0.25) is 15.9 Å². The number of halogens is 1. The van der Waals surface area contributed by atoms with E-state index >= 15 is 0 Å². The van der Waals surface area contributed by atoms with Crippen molar-refractivity contribution in [2.75, 3.05) is 6.54 Å². The Morgan fingerprint density at radius 1 is 1.11 bits per heavy atom. The lowest BCUT2D eigenvalue weighted by Crippen LogP contribution is -2.56. The fraction of sp³-hybridized carbons (Fsp3) is 0.650. The van der Waals surface area contributed by atoms with Gasteiger partial charge in [0.15, 0.2) is 0 Å². The second-order valence-electron chi connectivity index (χ2n) is 8.85. The van der Waals surface area contributed by atoms with E-state index < -0.39 is 15.8 Å². The van der Waals surface area contributed by atoms with Gasteiger partial charge in [-0.25, -0.2) is 17.5 Å². The van der Waals surface area contributed by atoms with E-state index in [0.717, 1.165) is 29.9 Å². The van der Waals surface area contributed by atoms with Crippen molar-refractivity contribution in [3.63, 3.8) is 0 Å². The zero-order valence-electron chi connectivity index (χ0n) is 15.6. The highest BCUT2D eigenvalue weighted by molar-refractivity contribution is 7.89. The molecule has 7 heteroatoms. The minimum Gasteiger partial charge on any atom is -0.352 e. The largest absolute Gasteiger partial charge is 0.352 e. The summed E-state index contributed by atoms with van der Waals surface area (Å²) in [5.74, 6) is 1.58. The quantitative estimate of drug-likeness (QED) is 0.779. The van der Waals surface area contributed by atoms with Crippen molar-refractivity contribution in [1.82, 2.24) is 10.0 Å². The maximum absolute atomic E-state index is 13.0. The van der Waals surface area contributed by atoms with Crippen LogP contribution in [0.1, 0.15) is 45.4 Å². The smallest absolute Gasteiger partial charge is 0.241 e. The normalized spacial score (nSPS) is 33.0. The minimum absolute atomic E-state index is 0.0497. The molecule has 0 unspecified atom stereocenters. The van der Waals surface area contributed by atoms with Gasteiger partial charge in [0.05, 0.1) is 11.4 Å². The minimum atomic E-state index is -3.83. The summed E-state index contributed by atoms with van der Waals surface area (Å²) in [4.78, 5) is 12.3. The van der Waals surface area contributed by atoms with E-state index in [9.17, 15) is 17.6 Å². The van der Waals surface area contributed by atoms with Crippen molar-refractivity contribution >= 4 is 15.9 Å². The first-order valence-corrected chi connectivity index (χ1v) is 11.3. The highest BCUT2D eigenvalue weighted by Gasteiger charge is 2.53. The van der Waals surface area contributed by atoms with Crippen molar-refractivity contribution in [2.24, 2.45) is 23.2 Å². The number of amides is 1. The van der Waals surface area contributed by atoms with Gasteiger partial charge in [-0.1, -0.05) is 0 Å². The van der Waals surface area contributed by atoms with Gasteiger partial charge < -0.3 is 5.32 Å². The summed E-state index contributed by atoms with van der Waals surface area (Å²) in [6, 6.07) is 4.60. The van der Waals surface area contributed by atoms with Gasteiger partial charge in [0.1, 0.15) is 5.82 Å². The van der Waals surface area contributed by atoms with Crippen LogP contribution in [0.5, 0.6) is 0 Å². The average molecular weight is 395 g/mol. The molecule has 4 saturated carbocycles. The van der Waals surface area contributed by atoms with Crippen LogP contribution >= 0.6 is 0 Å². The fourth-order valence-electron chi connectivity index (χ4n) is 6.01. The van der Waals surface area contributed by atoms with E-state index in [0.29, 0.717) is 0 Å². The molecule has 4 fully saturated rings. The van der Waals surface area contributed by atoms with Crippen LogP contribution in [-0.2, 0) is 14.8 Å². The zero-order chi connectivity index (χ0) is 19.2. The lowest BCUT2D eigenvalue weighted by atomic mass is 9.48. The number of hydrogen-bond donors (Lipinski definition) is 2. The van der Waals surface area contributed by atoms with Gasteiger partial charge in [-0.05, 0) is 92.9 Å². The van der Waals surface area contributed by atoms with Gasteiger partial charge in [0, 0.05) is 6.04 Å². The topological polar surface area (TPSA) is 75.3 Å². The molecule has 4 aliphatic carbocycles. The molecule has 1 aromatic carbocycles. The molecule has 5 rings (SSSR count). The van der Waals surface area contributed by atoms with E-state index in [-0.39, 0.29) is 28.8 Å². The Morgan fingerprint density at radius 2 is 1.63 bits per heavy atom. The average Bonchev–Trinajstić information content (AvgIpc) is 2.59. The molecule has 1 aromatic rings. The van der Waals surface area contributed by atoms with E-state index in [1.807, 2.05) is 0 Å². The van der Waals surface area contributed by atoms with Crippen LogP contribution in [0.25, 0.3) is 0 Å². The summed E-state index contributed by atoms with van der Waals surface area (Å²) in [6.45, 7) is 1.76. The summed E-state index contributed by atoms with van der Waals surface area (Å²) >= 11 is 0. The second kappa shape index (κ2) is 6.85. The van der Waals surface area contributed by atoms with Gasteiger partial charge in [0.25, 0.3) is 0 Å². The monoisotopic (exact) mass is 394 g/mol. The number of sulfonamides is 1. The molecule has 0 aliphatic heterocycles. The first-order chi connectivity index (χ1) is 12.8. The molecule has 0 saturated heterocycles. The van der Waals surface area contributed by atoms with Gasteiger partial charge >= 0.3 is 0 Å². The maximum Gasteiger partial charge on any atom is 0.241 e. The maximum atomic E-state index is 13.0. The third-order valence-electron chi connectivity index (χ3n) is 6.93. The SMILES string of the molecule is C[C@H](NC(=O)CNS(=O)(=O)c1ccc(F)cc1)C12CC3CC(CC(C3)C1)C2. The molecule has 2 N–H and O–H groups in total. The Morgan fingerprint density at radius 3 is 2.15 bits per heavy atom. The third-order valence-corrected chi connectivity index (χ3v) is 8.35. The summed E-state index contributed by atoms with van der Waals surface area (Å²) in [7, 11) is -3.83. The first-order valence-electron chi connectivity index (χ1n) is 9.80. The zero-order valence-corrected chi connectivity index (χ0v) is 16.4. The number of benzene rings is 1. The third kappa shape index (κ3) is 3.76. The molecule has 4 bridgehead atoms. The second-order valence-corrected chi connectivity index (χ2v) is 10.6. The molecule has 1 atom stereocenters. The van der Waals surface area contributed by atoms with Crippen molar-refractivity contribution in [3.05, 3.63) is 30.1 Å². The molecule has 1 amide bonds. The number of carbonyl (C=O) groups is 1. The van der Waals surface area contributed by atoms with Crippen molar-refractivity contribution in [3.8, 4) is 0 Å². The Kier molecular flexibility index (Phi) is 4.79. The summed E-state index contributed by atoms with van der Waals surface area (Å²) in [5, 5.41) is 3.04. The lowest BCUT2D eigenvalue weighted by molar-refractivity contribution is -0.124. The van der Waals surface area contributed by atoms with E-state index in [1.165, 1.54) is 50.7 Å². The number of hydrogen-bond acceptors (Lipinski definition) is 3. The molecular formula is C20H27FN2O3S. The van der Waals surface area contributed by atoms with Crippen LogP contribution < -0.4 is 10.0 Å². The molecule has 0 spiro atoms. The van der Waals surface area contributed by atoms with E-state index in [4.69, 9.17) is 0 Å². The summed E-state index contributed by atoms with van der Waals surface area (Å²) < 4.78 is 39.8. The first kappa shape index (κ1) is 18.9. The van der Waals surface area contributed by atoms with E-state index in [1.54, 1.807) is 0 Å². The molecule has 0 aromatic heterocycles. The predicted molar refractivity (Wildman–Crippen MR) is 99.8 cm³/mol. The molecular weight excluding hydrogens is 367 g/mol. The van der Waals surface area contributed by atoms with Crippen LogP contribution in [-0.4, -0.2) is 26.9 Å². The van der Waals surface area contributed by atoms with Crippen LogP contribution in [0.15, 0.2) is 29.2 Å². The number of nitrogens with one attached hydrogen (secondary N) is 2. The van der Waals surface area contributed by atoms with Gasteiger partial charge in [-0.15, -0.1) is 0 Å². The predicted octanol–water partition coefficient (Wildman–Crippen LogP) is 2.83. The summed E-state index contributed by atoms with van der Waals surface area (Å²) in [5.41, 5.74) is 0.181. The Hall–Kier alpha value is -1.47. The molecule has 4 aliphatic rings. The highest BCUT2D eigenvalue weighted by atomic mass is 32.2. The fourth-order valence-corrected chi connectivity index (χ4v) is 6.99. The molecule has 27 heavy (non-hydrogen) atoms. The van der Waals surface area contributed by atoms with Gasteiger partial charge in [-0.2, -0.15) is 0 Å². The number of rotatable bonds is 6. The molecule has 148 valence electrons. The van der Waals surface area contributed by atoms with Crippen LogP contribution in [0.3, 0.4) is 0 Å².